The third-order valence-corrected chi connectivity index (χ3v) is 2.26. The van der Waals surface area contributed by atoms with Crippen molar-refractivity contribution in [2.45, 2.75) is 0 Å². The maximum atomic E-state index is 13.6. The quantitative estimate of drug-likeness (QED) is 0.867. The van der Waals surface area contributed by atoms with Gasteiger partial charge in [0, 0.05) is 12.1 Å². The van der Waals surface area contributed by atoms with Gasteiger partial charge in [0.25, 0.3) is 0 Å². The Morgan fingerprint density at radius 3 is 2.72 bits per heavy atom. The van der Waals surface area contributed by atoms with E-state index in [0.717, 1.165) is 12.1 Å². The van der Waals surface area contributed by atoms with E-state index in [1.165, 1.54) is 13.2 Å². The number of aromatic hydroxyl groups is 1. The third-order valence-electron chi connectivity index (χ3n) is 2.26. The predicted octanol–water partition coefficient (Wildman–Crippen LogP) is 1.89. The Hall–Kier alpha value is -2.57. The maximum Gasteiger partial charge on any atom is 0.358 e. The Kier molecular flexibility index (Phi) is 2.88. The number of phenolic OH excluding ortho intramolecular Hbond substituents is 1. The van der Waals surface area contributed by atoms with Gasteiger partial charge in [0.1, 0.15) is 5.82 Å². The number of carboxylic acid groups (broad SMARTS) is 1. The molecular weight excluding hydrogens is 245 g/mol. The first-order valence-electron chi connectivity index (χ1n) is 4.80. The summed E-state index contributed by atoms with van der Waals surface area (Å²) in [5, 5.41) is 21.3. The number of methoxy groups -OCH3 is 1. The molecule has 0 spiro atoms. The molecule has 0 radical (unpaired) electrons. The Labute approximate surface area is 100 Å². The van der Waals surface area contributed by atoms with Crippen LogP contribution < -0.4 is 4.74 Å². The molecule has 6 nitrogen and oxygen atoms in total. The van der Waals surface area contributed by atoms with Crippen LogP contribution in [0.15, 0.2) is 22.7 Å². The maximum absolute atomic E-state index is 13.6. The van der Waals surface area contributed by atoms with Gasteiger partial charge in [-0.25, -0.2) is 9.18 Å². The van der Waals surface area contributed by atoms with Crippen LogP contribution in [0.4, 0.5) is 4.39 Å². The Morgan fingerprint density at radius 1 is 1.44 bits per heavy atom. The van der Waals surface area contributed by atoms with Gasteiger partial charge >= 0.3 is 5.97 Å². The zero-order chi connectivity index (χ0) is 13.3. The molecule has 1 aromatic heterocycles. The summed E-state index contributed by atoms with van der Waals surface area (Å²) in [6.45, 7) is 0. The molecule has 1 heterocycles. The molecule has 94 valence electrons. The zero-order valence-electron chi connectivity index (χ0n) is 9.18. The van der Waals surface area contributed by atoms with Crippen molar-refractivity contribution in [2.24, 2.45) is 0 Å². The molecule has 0 saturated carbocycles. The van der Waals surface area contributed by atoms with Crippen molar-refractivity contribution in [2.75, 3.05) is 7.11 Å². The fraction of sp³-hybridized carbons (Fsp3) is 0.0909. The number of hydrogen-bond donors (Lipinski definition) is 2. The van der Waals surface area contributed by atoms with Crippen molar-refractivity contribution in [3.8, 4) is 22.8 Å². The summed E-state index contributed by atoms with van der Waals surface area (Å²) >= 11 is 0. The highest BCUT2D eigenvalue weighted by Gasteiger charge is 2.17. The van der Waals surface area contributed by atoms with Gasteiger partial charge in [0.2, 0.25) is 0 Å². The summed E-state index contributed by atoms with van der Waals surface area (Å²) < 4.78 is 23.2. The average Bonchev–Trinajstić information content (AvgIpc) is 2.78. The molecule has 0 fully saturated rings. The smallest absolute Gasteiger partial charge is 0.358 e. The highest BCUT2D eigenvalue weighted by molar-refractivity contribution is 5.86. The van der Waals surface area contributed by atoms with E-state index >= 15 is 0 Å². The SMILES string of the molecule is COc1cc(-c2cc(C(=O)O)no2)c(F)cc1O. The first-order valence-corrected chi connectivity index (χ1v) is 4.80. The van der Waals surface area contributed by atoms with Crippen LogP contribution in [0.3, 0.4) is 0 Å². The highest BCUT2D eigenvalue weighted by atomic mass is 19.1. The molecule has 0 amide bonds. The summed E-state index contributed by atoms with van der Waals surface area (Å²) in [7, 11) is 1.31. The van der Waals surface area contributed by atoms with Crippen LogP contribution in [-0.2, 0) is 0 Å². The first-order chi connectivity index (χ1) is 8.52. The van der Waals surface area contributed by atoms with E-state index in [9.17, 15) is 14.3 Å². The molecule has 2 N–H and O–H groups in total. The Balaban J connectivity index is 2.52. The predicted molar refractivity (Wildman–Crippen MR) is 57.1 cm³/mol. The van der Waals surface area contributed by atoms with Crippen molar-refractivity contribution in [3.63, 3.8) is 0 Å². The van der Waals surface area contributed by atoms with Gasteiger partial charge in [-0.15, -0.1) is 0 Å². The minimum absolute atomic E-state index is 0.0414. The van der Waals surface area contributed by atoms with Crippen molar-refractivity contribution < 1.29 is 28.7 Å². The summed E-state index contributed by atoms with van der Waals surface area (Å²) in [5.41, 5.74) is -0.388. The molecule has 0 bridgehead atoms. The van der Waals surface area contributed by atoms with Gasteiger partial charge in [-0.2, -0.15) is 0 Å². The Morgan fingerprint density at radius 2 is 2.17 bits per heavy atom. The van der Waals surface area contributed by atoms with Gasteiger partial charge in [-0.3, -0.25) is 0 Å². The summed E-state index contributed by atoms with van der Waals surface area (Å²) in [5.74, 6) is -2.45. The van der Waals surface area contributed by atoms with Gasteiger partial charge in [-0.1, -0.05) is 5.16 Å². The molecule has 7 heteroatoms. The van der Waals surface area contributed by atoms with E-state index in [1.54, 1.807) is 0 Å². The lowest BCUT2D eigenvalue weighted by atomic mass is 10.1. The summed E-state index contributed by atoms with van der Waals surface area (Å²) in [4.78, 5) is 10.6. The number of hydrogen-bond acceptors (Lipinski definition) is 5. The van der Waals surface area contributed by atoms with Gasteiger partial charge in [0.15, 0.2) is 23.0 Å². The normalized spacial score (nSPS) is 10.3. The van der Waals surface area contributed by atoms with Gasteiger partial charge in [0.05, 0.1) is 12.7 Å². The number of ether oxygens (including phenoxy) is 1. The molecule has 1 aromatic carbocycles. The lowest BCUT2D eigenvalue weighted by molar-refractivity contribution is 0.0686. The summed E-state index contributed by atoms with van der Waals surface area (Å²) in [6.07, 6.45) is 0. The van der Waals surface area contributed by atoms with Crippen LogP contribution in [-0.4, -0.2) is 28.4 Å². The second-order valence-electron chi connectivity index (χ2n) is 3.39. The standard InChI is InChI=1S/C11H8FNO5/c1-17-10-2-5(6(12)3-8(10)14)9-4-7(11(15)16)13-18-9/h2-4,14H,1H3,(H,15,16). The van der Waals surface area contributed by atoms with E-state index in [-0.39, 0.29) is 28.5 Å². The van der Waals surface area contributed by atoms with E-state index in [2.05, 4.69) is 5.16 Å². The topological polar surface area (TPSA) is 92.8 Å². The van der Waals surface area contributed by atoms with Crippen LogP contribution in [0.2, 0.25) is 0 Å². The lowest BCUT2D eigenvalue weighted by Gasteiger charge is -2.05. The number of phenols is 1. The highest BCUT2D eigenvalue weighted by Crippen LogP contribution is 2.34. The number of rotatable bonds is 3. The minimum atomic E-state index is -1.28. The van der Waals surface area contributed by atoms with Crippen molar-refractivity contribution in [1.29, 1.82) is 0 Å². The zero-order valence-corrected chi connectivity index (χ0v) is 9.18. The molecule has 0 unspecified atom stereocenters. The van der Waals surface area contributed by atoms with E-state index in [4.69, 9.17) is 14.4 Å². The molecule has 0 aliphatic carbocycles. The van der Waals surface area contributed by atoms with Crippen molar-refractivity contribution in [3.05, 3.63) is 29.7 Å². The fourth-order valence-corrected chi connectivity index (χ4v) is 1.40. The monoisotopic (exact) mass is 253 g/mol. The summed E-state index contributed by atoms with van der Waals surface area (Å²) in [6, 6.07) is 3.12. The number of carboxylic acids is 1. The molecule has 2 aromatic rings. The first kappa shape index (κ1) is 11.9. The number of halogens is 1. The largest absolute Gasteiger partial charge is 0.504 e. The lowest BCUT2D eigenvalue weighted by Crippen LogP contribution is -1.94. The minimum Gasteiger partial charge on any atom is -0.504 e. The second-order valence-corrected chi connectivity index (χ2v) is 3.39. The number of aromatic nitrogens is 1. The second kappa shape index (κ2) is 4.36. The molecular formula is C11H8FNO5. The molecule has 2 rings (SSSR count). The van der Waals surface area contributed by atoms with Crippen LogP contribution in [0, 0.1) is 5.82 Å². The molecule has 0 aliphatic rings. The number of nitrogens with zero attached hydrogens (tertiary/aromatic N) is 1. The van der Waals surface area contributed by atoms with Gasteiger partial charge in [-0.05, 0) is 6.07 Å². The molecule has 18 heavy (non-hydrogen) atoms. The van der Waals surface area contributed by atoms with Crippen molar-refractivity contribution in [1.82, 2.24) is 5.16 Å². The van der Waals surface area contributed by atoms with E-state index < -0.39 is 11.8 Å². The molecule has 0 aliphatic heterocycles. The third kappa shape index (κ3) is 1.97. The number of benzene rings is 1. The average molecular weight is 253 g/mol. The Bertz CT molecular complexity index is 607. The number of carbonyl (C=O) groups is 1. The van der Waals surface area contributed by atoms with Crippen LogP contribution >= 0.6 is 0 Å². The van der Waals surface area contributed by atoms with E-state index in [1.807, 2.05) is 0 Å². The number of aromatic carboxylic acids is 1. The van der Waals surface area contributed by atoms with Crippen LogP contribution in [0.1, 0.15) is 10.5 Å². The molecule has 0 saturated heterocycles. The van der Waals surface area contributed by atoms with E-state index in [0.29, 0.717) is 0 Å². The van der Waals surface area contributed by atoms with Crippen LogP contribution in [0.5, 0.6) is 11.5 Å². The van der Waals surface area contributed by atoms with Crippen LogP contribution in [0.25, 0.3) is 11.3 Å². The fourth-order valence-electron chi connectivity index (χ4n) is 1.40. The van der Waals surface area contributed by atoms with Gasteiger partial charge < -0.3 is 19.5 Å². The van der Waals surface area contributed by atoms with Crippen molar-refractivity contribution >= 4 is 5.97 Å². The molecule has 0 atom stereocenters.